The van der Waals surface area contributed by atoms with Crippen molar-refractivity contribution in [2.24, 2.45) is 5.92 Å². The highest BCUT2D eigenvalue weighted by Gasteiger charge is 2.34. The van der Waals surface area contributed by atoms with Crippen molar-refractivity contribution in [2.45, 2.75) is 26.0 Å². The highest BCUT2D eigenvalue weighted by molar-refractivity contribution is 5.95. The SMILES string of the molecule is Cc1cc(COc2ccc(C(=O)N[C@@H]3CN(C)CC[C@@H]3C(=O)NO)cc2)c2ccccc2n1. The van der Waals surface area contributed by atoms with Crippen LogP contribution in [0.4, 0.5) is 0 Å². The van der Waals surface area contributed by atoms with E-state index < -0.39 is 11.8 Å². The van der Waals surface area contributed by atoms with E-state index in [1.165, 1.54) is 0 Å². The summed E-state index contributed by atoms with van der Waals surface area (Å²) >= 11 is 0. The maximum absolute atomic E-state index is 12.8. The third-order valence-corrected chi connectivity index (χ3v) is 6.02. The van der Waals surface area contributed by atoms with E-state index in [-0.39, 0.29) is 11.9 Å². The van der Waals surface area contributed by atoms with Gasteiger partial charge in [-0.3, -0.25) is 19.8 Å². The van der Waals surface area contributed by atoms with Gasteiger partial charge in [-0.2, -0.15) is 0 Å². The molecule has 1 fully saturated rings. The molecule has 0 aliphatic carbocycles. The number of hydrogen-bond donors (Lipinski definition) is 3. The Labute approximate surface area is 192 Å². The second kappa shape index (κ2) is 9.97. The van der Waals surface area contributed by atoms with Gasteiger partial charge >= 0.3 is 0 Å². The fourth-order valence-electron chi connectivity index (χ4n) is 4.29. The number of aryl methyl sites for hydroxylation is 1. The number of nitrogens with one attached hydrogen (secondary N) is 2. The first kappa shape index (κ1) is 22.7. The van der Waals surface area contributed by atoms with Gasteiger partial charge in [-0.05, 0) is 63.3 Å². The maximum Gasteiger partial charge on any atom is 0.251 e. The Balaban J connectivity index is 1.41. The number of fused-ring (bicyclic) bond motifs is 1. The number of piperidine rings is 1. The molecule has 4 rings (SSSR count). The van der Waals surface area contributed by atoms with Gasteiger partial charge in [0.15, 0.2) is 0 Å². The van der Waals surface area contributed by atoms with Gasteiger partial charge in [-0.15, -0.1) is 0 Å². The Morgan fingerprint density at radius 3 is 2.70 bits per heavy atom. The van der Waals surface area contributed by atoms with Crippen molar-refractivity contribution in [2.75, 3.05) is 20.1 Å². The number of hydroxylamine groups is 1. The van der Waals surface area contributed by atoms with Crippen LogP contribution in [0.5, 0.6) is 5.75 Å². The number of amides is 2. The number of likely N-dealkylation sites (tertiary alicyclic amines) is 1. The Morgan fingerprint density at radius 1 is 1.18 bits per heavy atom. The van der Waals surface area contributed by atoms with E-state index in [0.717, 1.165) is 28.7 Å². The molecule has 0 saturated carbocycles. The molecule has 3 aromatic rings. The van der Waals surface area contributed by atoms with Crippen LogP contribution in [0.3, 0.4) is 0 Å². The van der Waals surface area contributed by atoms with Gasteiger partial charge in [0.2, 0.25) is 5.91 Å². The fraction of sp³-hybridized carbons (Fsp3) is 0.320. The summed E-state index contributed by atoms with van der Waals surface area (Å²) in [4.78, 5) is 31.4. The third kappa shape index (κ3) is 5.30. The lowest BCUT2D eigenvalue weighted by atomic mass is 9.91. The van der Waals surface area contributed by atoms with Crippen LogP contribution in [-0.4, -0.2) is 53.1 Å². The molecule has 1 aromatic heterocycles. The zero-order chi connectivity index (χ0) is 23.4. The quantitative estimate of drug-likeness (QED) is 0.396. The molecule has 3 N–H and O–H groups in total. The third-order valence-electron chi connectivity index (χ3n) is 6.02. The molecule has 1 saturated heterocycles. The number of nitrogens with zero attached hydrogens (tertiary/aromatic N) is 2. The average Bonchev–Trinajstić information content (AvgIpc) is 2.82. The second-order valence-corrected chi connectivity index (χ2v) is 8.47. The molecule has 0 unspecified atom stereocenters. The minimum Gasteiger partial charge on any atom is -0.489 e. The number of pyridine rings is 1. The van der Waals surface area contributed by atoms with Gasteiger partial charge in [0, 0.05) is 28.8 Å². The Bertz CT molecular complexity index is 1150. The smallest absolute Gasteiger partial charge is 0.251 e. The largest absolute Gasteiger partial charge is 0.489 e. The first-order valence-electron chi connectivity index (χ1n) is 11.0. The van der Waals surface area contributed by atoms with Crippen molar-refractivity contribution in [1.29, 1.82) is 0 Å². The van der Waals surface area contributed by atoms with Crippen molar-refractivity contribution in [3.63, 3.8) is 0 Å². The van der Waals surface area contributed by atoms with E-state index >= 15 is 0 Å². The summed E-state index contributed by atoms with van der Waals surface area (Å²) in [5, 5.41) is 13.0. The second-order valence-electron chi connectivity index (χ2n) is 8.47. The summed E-state index contributed by atoms with van der Waals surface area (Å²) in [5.41, 5.74) is 5.11. The van der Waals surface area contributed by atoms with Crippen LogP contribution in [0.1, 0.15) is 28.0 Å². The molecule has 8 nitrogen and oxygen atoms in total. The van der Waals surface area contributed by atoms with E-state index in [9.17, 15) is 9.59 Å². The Kier molecular flexibility index (Phi) is 6.86. The lowest BCUT2D eigenvalue weighted by Gasteiger charge is -2.35. The number of benzene rings is 2. The number of rotatable bonds is 6. The fourth-order valence-corrected chi connectivity index (χ4v) is 4.29. The molecule has 2 heterocycles. The monoisotopic (exact) mass is 448 g/mol. The number of carbonyl (C=O) groups is 2. The molecule has 0 bridgehead atoms. The first-order valence-corrected chi connectivity index (χ1v) is 11.0. The van der Waals surface area contributed by atoms with Gasteiger partial charge in [-0.25, -0.2) is 5.48 Å². The molecule has 0 radical (unpaired) electrons. The average molecular weight is 449 g/mol. The molecule has 1 aliphatic rings. The summed E-state index contributed by atoms with van der Waals surface area (Å²) in [7, 11) is 1.94. The molecule has 8 heteroatoms. The molecule has 1 aliphatic heterocycles. The standard InChI is InChI=1S/C25H28N4O4/c1-16-13-18(20-5-3-4-6-22(20)26-16)15-33-19-9-7-17(8-10-19)24(30)27-23-14-29(2)12-11-21(23)25(31)28-32/h3-10,13,21,23,32H,11-12,14-15H2,1-2H3,(H,27,30)(H,28,31)/t21-,23+/m0/s1. The summed E-state index contributed by atoms with van der Waals surface area (Å²) in [6, 6.07) is 16.5. The van der Waals surface area contributed by atoms with Crippen LogP contribution in [0.15, 0.2) is 54.6 Å². The van der Waals surface area contributed by atoms with Gasteiger partial charge in [-0.1, -0.05) is 18.2 Å². The molecule has 172 valence electrons. The van der Waals surface area contributed by atoms with Crippen LogP contribution >= 0.6 is 0 Å². The Morgan fingerprint density at radius 2 is 1.94 bits per heavy atom. The van der Waals surface area contributed by atoms with Crippen molar-refractivity contribution in [3.05, 3.63) is 71.4 Å². The van der Waals surface area contributed by atoms with E-state index in [2.05, 4.69) is 10.3 Å². The molecular weight excluding hydrogens is 420 g/mol. The lowest BCUT2D eigenvalue weighted by Crippen LogP contribution is -2.55. The number of hydrogen-bond acceptors (Lipinski definition) is 6. The topological polar surface area (TPSA) is 104 Å². The molecule has 2 aromatic carbocycles. The van der Waals surface area contributed by atoms with E-state index in [1.807, 2.05) is 49.2 Å². The minimum absolute atomic E-state index is 0.270. The normalized spacial score (nSPS) is 18.6. The number of ether oxygens (including phenoxy) is 1. The molecule has 2 atom stereocenters. The summed E-state index contributed by atoms with van der Waals surface area (Å²) < 4.78 is 5.97. The van der Waals surface area contributed by atoms with Crippen molar-refractivity contribution >= 4 is 22.7 Å². The van der Waals surface area contributed by atoms with Crippen molar-refractivity contribution in [1.82, 2.24) is 20.7 Å². The summed E-state index contributed by atoms with van der Waals surface area (Å²) in [6.07, 6.45) is 0.559. The summed E-state index contributed by atoms with van der Waals surface area (Å²) in [6.45, 7) is 3.61. The predicted octanol–water partition coefficient (Wildman–Crippen LogP) is 2.68. The van der Waals surface area contributed by atoms with Crippen LogP contribution in [0.2, 0.25) is 0 Å². The molecule has 0 spiro atoms. The predicted molar refractivity (Wildman–Crippen MR) is 124 cm³/mol. The number of para-hydroxylation sites is 1. The Hall–Kier alpha value is -3.49. The number of aromatic nitrogens is 1. The minimum atomic E-state index is -0.476. The number of likely N-dealkylation sites (N-methyl/N-ethyl adjacent to an activating group) is 1. The van der Waals surface area contributed by atoms with Crippen molar-refractivity contribution in [3.8, 4) is 5.75 Å². The van der Waals surface area contributed by atoms with Gasteiger partial charge in [0.05, 0.1) is 17.5 Å². The first-order chi connectivity index (χ1) is 15.9. The van der Waals surface area contributed by atoms with Crippen molar-refractivity contribution < 1.29 is 19.5 Å². The van der Waals surface area contributed by atoms with Gasteiger partial charge in [0.1, 0.15) is 12.4 Å². The molecule has 33 heavy (non-hydrogen) atoms. The molecular formula is C25H28N4O4. The highest BCUT2D eigenvalue weighted by atomic mass is 16.5. The van der Waals surface area contributed by atoms with Gasteiger partial charge in [0.25, 0.3) is 5.91 Å². The van der Waals surface area contributed by atoms with Crippen LogP contribution < -0.4 is 15.5 Å². The van der Waals surface area contributed by atoms with Crippen LogP contribution in [-0.2, 0) is 11.4 Å². The molecule has 2 amide bonds. The van der Waals surface area contributed by atoms with Gasteiger partial charge < -0.3 is 15.0 Å². The van der Waals surface area contributed by atoms with Crippen LogP contribution in [0, 0.1) is 12.8 Å². The zero-order valence-electron chi connectivity index (χ0n) is 18.7. The van der Waals surface area contributed by atoms with E-state index in [1.54, 1.807) is 29.7 Å². The highest BCUT2D eigenvalue weighted by Crippen LogP contribution is 2.22. The van der Waals surface area contributed by atoms with Crippen LogP contribution in [0.25, 0.3) is 10.9 Å². The number of carbonyl (C=O) groups excluding carboxylic acids is 2. The lowest BCUT2D eigenvalue weighted by molar-refractivity contribution is -0.135. The van der Waals surface area contributed by atoms with E-state index in [0.29, 0.717) is 30.9 Å². The summed E-state index contributed by atoms with van der Waals surface area (Å²) in [5.74, 6) is -0.569. The zero-order valence-corrected chi connectivity index (χ0v) is 18.7. The maximum atomic E-state index is 12.8. The van der Waals surface area contributed by atoms with E-state index in [4.69, 9.17) is 9.94 Å².